The smallest absolute Gasteiger partial charge is 0.123 e. The molecule has 0 spiro atoms. The minimum atomic E-state index is -0.243. The van der Waals surface area contributed by atoms with Gasteiger partial charge in [0.2, 0.25) is 0 Å². The second-order valence-corrected chi connectivity index (χ2v) is 4.77. The molecule has 2 nitrogen and oxygen atoms in total. The Morgan fingerprint density at radius 3 is 2.45 bits per heavy atom. The maximum atomic E-state index is 13.3. The van der Waals surface area contributed by atoms with Crippen molar-refractivity contribution in [3.8, 4) is 6.07 Å². The normalized spacial score (nSPS) is 13.4. The van der Waals surface area contributed by atoms with Gasteiger partial charge in [0, 0.05) is 12.1 Å². The average molecular weight is 268 g/mol. The van der Waals surface area contributed by atoms with E-state index in [4.69, 9.17) is 5.26 Å². The Labute approximate surface area is 118 Å². The van der Waals surface area contributed by atoms with Gasteiger partial charge in [-0.25, -0.2) is 4.39 Å². The third kappa shape index (κ3) is 3.66. The second kappa shape index (κ2) is 6.83. The third-order valence-electron chi connectivity index (χ3n) is 3.30. The van der Waals surface area contributed by atoms with E-state index < -0.39 is 0 Å². The summed E-state index contributed by atoms with van der Waals surface area (Å²) in [6.07, 6.45) is 0.379. The monoisotopic (exact) mass is 268 g/mol. The van der Waals surface area contributed by atoms with Crippen LogP contribution in [0.3, 0.4) is 0 Å². The summed E-state index contributed by atoms with van der Waals surface area (Å²) in [6, 6.07) is 18.5. The van der Waals surface area contributed by atoms with Gasteiger partial charge in [-0.1, -0.05) is 42.5 Å². The van der Waals surface area contributed by atoms with Crippen LogP contribution in [-0.4, -0.2) is 0 Å². The van der Waals surface area contributed by atoms with Gasteiger partial charge in [-0.15, -0.1) is 0 Å². The molecule has 0 aliphatic heterocycles. The van der Waals surface area contributed by atoms with Crippen molar-refractivity contribution in [2.75, 3.05) is 0 Å². The van der Waals surface area contributed by atoms with Crippen molar-refractivity contribution in [3.05, 3.63) is 71.5 Å². The number of nitrogens with zero attached hydrogens (tertiary/aromatic N) is 1. The van der Waals surface area contributed by atoms with Crippen molar-refractivity contribution in [2.24, 2.45) is 0 Å². The Morgan fingerprint density at radius 2 is 1.80 bits per heavy atom. The zero-order valence-electron chi connectivity index (χ0n) is 11.4. The molecule has 0 aliphatic carbocycles. The fraction of sp³-hybridized carbons (Fsp3) is 0.235. The molecule has 0 saturated carbocycles. The van der Waals surface area contributed by atoms with E-state index in [0.29, 0.717) is 6.42 Å². The Morgan fingerprint density at radius 1 is 1.10 bits per heavy atom. The van der Waals surface area contributed by atoms with Crippen molar-refractivity contribution in [1.82, 2.24) is 5.32 Å². The van der Waals surface area contributed by atoms with E-state index in [9.17, 15) is 4.39 Å². The van der Waals surface area contributed by atoms with Crippen molar-refractivity contribution < 1.29 is 4.39 Å². The first-order valence-electron chi connectivity index (χ1n) is 6.64. The lowest BCUT2D eigenvalue weighted by molar-refractivity contribution is 0.470. The number of hydrogen-bond acceptors (Lipinski definition) is 2. The first-order valence-corrected chi connectivity index (χ1v) is 6.64. The number of nitrogens with one attached hydrogen (secondary N) is 1. The molecule has 0 amide bonds. The first-order chi connectivity index (χ1) is 9.70. The van der Waals surface area contributed by atoms with Crippen LogP contribution in [0.2, 0.25) is 0 Å². The fourth-order valence-corrected chi connectivity index (χ4v) is 2.22. The van der Waals surface area contributed by atoms with Gasteiger partial charge in [0.1, 0.15) is 5.82 Å². The summed E-state index contributed by atoms with van der Waals surface area (Å²) in [5.41, 5.74) is 1.95. The van der Waals surface area contributed by atoms with Crippen molar-refractivity contribution >= 4 is 0 Å². The summed E-state index contributed by atoms with van der Waals surface area (Å²) in [5, 5.41) is 12.4. The standard InChI is InChI=1S/C17H17FN2/c1-13(15-8-5-9-16(18)12-15)20-17(10-11-19)14-6-3-2-4-7-14/h2-9,12-13,17,20H,10H2,1H3. The summed E-state index contributed by atoms with van der Waals surface area (Å²) in [7, 11) is 0. The molecule has 0 bridgehead atoms. The molecule has 2 atom stereocenters. The Bertz CT molecular complexity index is 589. The van der Waals surface area contributed by atoms with Crippen LogP contribution < -0.4 is 5.32 Å². The highest BCUT2D eigenvalue weighted by Crippen LogP contribution is 2.22. The lowest BCUT2D eigenvalue weighted by Gasteiger charge is -2.22. The van der Waals surface area contributed by atoms with Gasteiger partial charge in [0.05, 0.1) is 12.5 Å². The average Bonchev–Trinajstić information content (AvgIpc) is 2.47. The van der Waals surface area contributed by atoms with E-state index in [1.165, 1.54) is 12.1 Å². The van der Waals surface area contributed by atoms with E-state index in [0.717, 1.165) is 11.1 Å². The molecular weight excluding hydrogens is 251 g/mol. The molecular formula is C17H17FN2. The Balaban J connectivity index is 2.14. The molecule has 1 N–H and O–H groups in total. The van der Waals surface area contributed by atoms with Crippen LogP contribution in [0.5, 0.6) is 0 Å². The molecule has 2 unspecified atom stereocenters. The second-order valence-electron chi connectivity index (χ2n) is 4.77. The molecule has 0 heterocycles. The highest BCUT2D eigenvalue weighted by molar-refractivity contribution is 5.23. The Kier molecular flexibility index (Phi) is 4.86. The molecule has 2 rings (SSSR count). The lowest BCUT2D eigenvalue weighted by Crippen LogP contribution is -2.24. The predicted octanol–water partition coefficient (Wildman–Crippen LogP) is 4.13. The maximum Gasteiger partial charge on any atom is 0.123 e. The quantitative estimate of drug-likeness (QED) is 0.885. The number of rotatable bonds is 5. The van der Waals surface area contributed by atoms with Crippen molar-refractivity contribution in [3.63, 3.8) is 0 Å². The number of hydrogen-bond donors (Lipinski definition) is 1. The van der Waals surface area contributed by atoms with E-state index in [2.05, 4.69) is 11.4 Å². The number of benzene rings is 2. The molecule has 0 aromatic heterocycles. The van der Waals surface area contributed by atoms with E-state index in [1.54, 1.807) is 6.07 Å². The van der Waals surface area contributed by atoms with Gasteiger partial charge in [0.15, 0.2) is 0 Å². The van der Waals surface area contributed by atoms with Gasteiger partial charge in [-0.3, -0.25) is 0 Å². The van der Waals surface area contributed by atoms with E-state index in [-0.39, 0.29) is 17.9 Å². The largest absolute Gasteiger partial charge is 0.302 e. The summed E-state index contributed by atoms with van der Waals surface area (Å²) in [4.78, 5) is 0. The van der Waals surface area contributed by atoms with Crippen LogP contribution in [0.25, 0.3) is 0 Å². The minimum Gasteiger partial charge on any atom is -0.302 e. The highest BCUT2D eigenvalue weighted by Gasteiger charge is 2.15. The van der Waals surface area contributed by atoms with Gasteiger partial charge in [0.25, 0.3) is 0 Å². The fourth-order valence-electron chi connectivity index (χ4n) is 2.22. The van der Waals surface area contributed by atoms with Crippen LogP contribution in [0, 0.1) is 17.1 Å². The highest BCUT2D eigenvalue weighted by atomic mass is 19.1. The SMILES string of the molecule is CC(NC(CC#N)c1ccccc1)c1cccc(F)c1. The van der Waals surface area contributed by atoms with Crippen molar-refractivity contribution in [2.45, 2.75) is 25.4 Å². The van der Waals surface area contributed by atoms with Gasteiger partial charge < -0.3 is 5.32 Å². The summed E-state index contributed by atoms with van der Waals surface area (Å²) < 4.78 is 13.3. The Hall–Kier alpha value is -2.18. The van der Waals surface area contributed by atoms with Crippen LogP contribution in [0.1, 0.15) is 36.6 Å². The van der Waals surface area contributed by atoms with Crippen LogP contribution in [0.4, 0.5) is 4.39 Å². The van der Waals surface area contributed by atoms with Crippen molar-refractivity contribution in [1.29, 1.82) is 5.26 Å². The molecule has 2 aromatic carbocycles. The molecule has 102 valence electrons. The molecule has 0 fully saturated rings. The van der Waals surface area contributed by atoms with Gasteiger partial charge in [-0.05, 0) is 30.2 Å². The molecule has 0 radical (unpaired) electrons. The maximum absolute atomic E-state index is 13.3. The van der Waals surface area contributed by atoms with Crippen LogP contribution in [-0.2, 0) is 0 Å². The molecule has 0 aliphatic rings. The topological polar surface area (TPSA) is 35.8 Å². The summed E-state index contributed by atoms with van der Waals surface area (Å²) in [5.74, 6) is -0.243. The zero-order chi connectivity index (χ0) is 14.4. The van der Waals surface area contributed by atoms with Crippen LogP contribution >= 0.6 is 0 Å². The third-order valence-corrected chi connectivity index (χ3v) is 3.30. The lowest BCUT2D eigenvalue weighted by atomic mass is 10.0. The molecule has 20 heavy (non-hydrogen) atoms. The van der Waals surface area contributed by atoms with Gasteiger partial charge in [-0.2, -0.15) is 5.26 Å². The van der Waals surface area contributed by atoms with Gasteiger partial charge >= 0.3 is 0 Å². The zero-order valence-corrected chi connectivity index (χ0v) is 11.4. The summed E-state index contributed by atoms with van der Waals surface area (Å²) >= 11 is 0. The van der Waals surface area contributed by atoms with E-state index in [1.807, 2.05) is 43.3 Å². The number of nitriles is 1. The minimum absolute atomic E-state index is 0.0238. The summed E-state index contributed by atoms with van der Waals surface area (Å²) in [6.45, 7) is 1.97. The van der Waals surface area contributed by atoms with Crippen LogP contribution in [0.15, 0.2) is 54.6 Å². The first kappa shape index (κ1) is 14.2. The molecule has 3 heteroatoms. The van der Waals surface area contributed by atoms with E-state index >= 15 is 0 Å². The molecule has 2 aromatic rings. The number of halogens is 1. The predicted molar refractivity (Wildman–Crippen MR) is 77.4 cm³/mol. The molecule has 0 saturated heterocycles.